The average molecular weight is 250 g/mol. The zero-order chi connectivity index (χ0) is 13.6. The lowest BCUT2D eigenvalue weighted by atomic mass is 9.70. The van der Waals surface area contributed by atoms with Crippen LogP contribution >= 0.6 is 0 Å². The summed E-state index contributed by atoms with van der Waals surface area (Å²) in [4.78, 5) is 24.4. The minimum atomic E-state index is -0.946. The Labute approximate surface area is 109 Å². The third-order valence-electron chi connectivity index (χ3n) is 3.37. The van der Waals surface area contributed by atoms with E-state index in [4.69, 9.17) is 4.74 Å². The summed E-state index contributed by atoms with van der Waals surface area (Å²) in [6.45, 7) is 7.63. The van der Waals surface area contributed by atoms with Crippen LogP contribution in [-0.2, 0) is 14.3 Å². The molecule has 3 nitrogen and oxygen atoms in total. The van der Waals surface area contributed by atoms with Crippen LogP contribution in [0.4, 0.5) is 0 Å². The molecule has 1 aliphatic carbocycles. The number of ketones is 1. The summed E-state index contributed by atoms with van der Waals surface area (Å²) in [5.74, 6) is -0.357. The van der Waals surface area contributed by atoms with E-state index in [1.165, 1.54) is 6.08 Å². The van der Waals surface area contributed by atoms with E-state index in [0.717, 1.165) is 18.4 Å². The van der Waals surface area contributed by atoms with Gasteiger partial charge in [-0.05, 0) is 33.1 Å². The van der Waals surface area contributed by atoms with Crippen LogP contribution in [0.15, 0.2) is 24.3 Å². The van der Waals surface area contributed by atoms with Gasteiger partial charge in [0.2, 0.25) is 0 Å². The molecule has 0 aromatic carbocycles. The van der Waals surface area contributed by atoms with Gasteiger partial charge in [0.25, 0.3) is 0 Å². The molecular formula is C15H22O3. The van der Waals surface area contributed by atoms with E-state index in [1.807, 2.05) is 19.9 Å². The first-order valence-corrected chi connectivity index (χ1v) is 6.48. The van der Waals surface area contributed by atoms with Gasteiger partial charge < -0.3 is 4.74 Å². The van der Waals surface area contributed by atoms with Crippen LogP contribution in [0.2, 0.25) is 0 Å². The summed E-state index contributed by atoms with van der Waals surface area (Å²) >= 11 is 0. The van der Waals surface area contributed by atoms with Gasteiger partial charge >= 0.3 is 5.97 Å². The van der Waals surface area contributed by atoms with E-state index in [-0.39, 0.29) is 18.4 Å². The molecule has 0 N–H and O–H groups in total. The van der Waals surface area contributed by atoms with Crippen LogP contribution in [0, 0.1) is 5.41 Å². The molecule has 1 fully saturated rings. The van der Waals surface area contributed by atoms with Crippen LogP contribution in [-0.4, -0.2) is 18.4 Å². The highest BCUT2D eigenvalue weighted by atomic mass is 16.5. The van der Waals surface area contributed by atoms with Gasteiger partial charge in [0, 0.05) is 6.42 Å². The highest BCUT2D eigenvalue weighted by Crippen LogP contribution is 2.38. The van der Waals surface area contributed by atoms with E-state index in [0.29, 0.717) is 19.3 Å². The van der Waals surface area contributed by atoms with Gasteiger partial charge in [0.05, 0.1) is 0 Å². The number of Topliss-reactive ketones (excluding diaryl/α,β-unsaturated/α-hetero) is 1. The Balaban J connectivity index is 2.91. The summed E-state index contributed by atoms with van der Waals surface area (Å²) in [6.07, 6.45) is 6.82. The molecular weight excluding hydrogens is 228 g/mol. The SMILES string of the molecule is C=CCOC(=O)[C@]1(CC=C(C)C)CCCCC1=O. The summed E-state index contributed by atoms with van der Waals surface area (Å²) in [5, 5.41) is 0. The normalized spacial score (nSPS) is 23.3. The average Bonchev–Trinajstić information content (AvgIpc) is 2.35. The number of esters is 1. The van der Waals surface area contributed by atoms with Crippen LogP contribution in [0.25, 0.3) is 0 Å². The largest absolute Gasteiger partial charge is 0.461 e. The molecule has 0 bridgehead atoms. The van der Waals surface area contributed by atoms with Crippen LogP contribution in [0.3, 0.4) is 0 Å². The van der Waals surface area contributed by atoms with E-state index < -0.39 is 5.41 Å². The number of carbonyl (C=O) groups excluding carboxylic acids is 2. The van der Waals surface area contributed by atoms with E-state index in [2.05, 4.69) is 6.58 Å². The number of allylic oxidation sites excluding steroid dienone is 2. The van der Waals surface area contributed by atoms with Crippen molar-refractivity contribution in [1.82, 2.24) is 0 Å². The van der Waals surface area contributed by atoms with Gasteiger partial charge in [0.15, 0.2) is 5.78 Å². The summed E-state index contributed by atoms with van der Waals surface area (Å²) in [7, 11) is 0. The molecule has 0 radical (unpaired) electrons. The molecule has 0 aromatic rings. The molecule has 3 heteroatoms. The Hall–Kier alpha value is -1.38. The molecule has 1 atom stereocenters. The van der Waals surface area contributed by atoms with Gasteiger partial charge in [-0.25, -0.2) is 0 Å². The molecule has 0 aliphatic heterocycles. The second-order valence-electron chi connectivity index (χ2n) is 5.09. The molecule has 0 saturated heterocycles. The third kappa shape index (κ3) is 3.31. The highest BCUT2D eigenvalue weighted by molar-refractivity contribution is 6.04. The van der Waals surface area contributed by atoms with Gasteiger partial charge in [-0.15, -0.1) is 0 Å². The number of hydrogen-bond acceptors (Lipinski definition) is 3. The Kier molecular flexibility index (Phi) is 5.32. The maximum atomic E-state index is 12.2. The predicted molar refractivity (Wildman–Crippen MR) is 71.1 cm³/mol. The van der Waals surface area contributed by atoms with Crippen molar-refractivity contribution >= 4 is 11.8 Å². The van der Waals surface area contributed by atoms with Crippen LogP contribution < -0.4 is 0 Å². The van der Waals surface area contributed by atoms with Crippen molar-refractivity contribution in [3.05, 3.63) is 24.3 Å². The van der Waals surface area contributed by atoms with E-state index >= 15 is 0 Å². The molecule has 1 rings (SSSR count). The summed E-state index contributed by atoms with van der Waals surface area (Å²) in [5.41, 5.74) is 0.169. The standard InChI is InChI=1S/C15H22O3/c1-4-11-18-14(17)15(10-8-12(2)3)9-6-5-7-13(15)16/h4,8H,1,5-7,9-11H2,2-3H3/t15-/m0/s1. The maximum Gasteiger partial charge on any atom is 0.320 e. The topological polar surface area (TPSA) is 43.4 Å². The predicted octanol–water partition coefficient (Wildman–Crippen LogP) is 3.20. The molecule has 18 heavy (non-hydrogen) atoms. The van der Waals surface area contributed by atoms with Crippen molar-refractivity contribution in [1.29, 1.82) is 0 Å². The van der Waals surface area contributed by atoms with Crippen molar-refractivity contribution in [3.63, 3.8) is 0 Å². The zero-order valence-corrected chi connectivity index (χ0v) is 11.3. The van der Waals surface area contributed by atoms with Crippen LogP contribution in [0.5, 0.6) is 0 Å². The lowest BCUT2D eigenvalue weighted by molar-refractivity contribution is -0.161. The van der Waals surface area contributed by atoms with E-state index in [9.17, 15) is 9.59 Å². The minimum Gasteiger partial charge on any atom is -0.461 e. The number of carbonyl (C=O) groups is 2. The van der Waals surface area contributed by atoms with Gasteiger partial charge in [0.1, 0.15) is 12.0 Å². The van der Waals surface area contributed by atoms with Crippen molar-refractivity contribution in [2.24, 2.45) is 5.41 Å². The Morgan fingerprint density at radius 3 is 2.72 bits per heavy atom. The van der Waals surface area contributed by atoms with Crippen molar-refractivity contribution in [2.45, 2.75) is 46.0 Å². The fourth-order valence-electron chi connectivity index (χ4n) is 2.26. The van der Waals surface area contributed by atoms with Gasteiger partial charge in [-0.2, -0.15) is 0 Å². The van der Waals surface area contributed by atoms with Crippen molar-refractivity contribution < 1.29 is 14.3 Å². The quantitative estimate of drug-likeness (QED) is 0.427. The smallest absolute Gasteiger partial charge is 0.320 e. The second kappa shape index (κ2) is 6.53. The minimum absolute atomic E-state index is 0.0281. The molecule has 0 aromatic heterocycles. The van der Waals surface area contributed by atoms with Gasteiger partial charge in [-0.1, -0.05) is 30.7 Å². The monoisotopic (exact) mass is 250 g/mol. The summed E-state index contributed by atoms with van der Waals surface area (Å²) in [6, 6.07) is 0. The maximum absolute atomic E-state index is 12.2. The highest BCUT2D eigenvalue weighted by Gasteiger charge is 2.46. The summed E-state index contributed by atoms with van der Waals surface area (Å²) < 4.78 is 5.13. The molecule has 0 unspecified atom stereocenters. The first-order valence-electron chi connectivity index (χ1n) is 6.48. The zero-order valence-electron chi connectivity index (χ0n) is 11.3. The van der Waals surface area contributed by atoms with Crippen LogP contribution in [0.1, 0.15) is 46.0 Å². The third-order valence-corrected chi connectivity index (χ3v) is 3.37. The molecule has 0 amide bonds. The van der Waals surface area contributed by atoms with Crippen molar-refractivity contribution in [2.75, 3.05) is 6.61 Å². The molecule has 0 heterocycles. The molecule has 1 saturated carbocycles. The molecule has 1 aliphatic rings. The molecule has 100 valence electrons. The van der Waals surface area contributed by atoms with Gasteiger partial charge in [-0.3, -0.25) is 9.59 Å². The Morgan fingerprint density at radius 1 is 1.44 bits per heavy atom. The number of rotatable bonds is 5. The Morgan fingerprint density at radius 2 is 2.17 bits per heavy atom. The molecule has 0 spiro atoms. The fraction of sp³-hybridized carbons (Fsp3) is 0.600. The number of hydrogen-bond donors (Lipinski definition) is 0. The lowest BCUT2D eigenvalue weighted by Gasteiger charge is -2.32. The fourth-order valence-corrected chi connectivity index (χ4v) is 2.26. The van der Waals surface area contributed by atoms with E-state index in [1.54, 1.807) is 0 Å². The first kappa shape index (κ1) is 14.7. The first-order chi connectivity index (χ1) is 8.53. The second-order valence-corrected chi connectivity index (χ2v) is 5.09. The Bertz CT molecular complexity index is 364. The number of ether oxygens (including phenoxy) is 1. The lowest BCUT2D eigenvalue weighted by Crippen LogP contribution is -2.42. The van der Waals surface area contributed by atoms with Crippen molar-refractivity contribution in [3.8, 4) is 0 Å².